The normalized spacial score (nSPS) is 10.3. The molecule has 3 rings (SSSR count). The Bertz CT molecular complexity index is 852. The molecule has 0 aliphatic rings. The fourth-order valence-corrected chi connectivity index (χ4v) is 3.10. The highest BCUT2D eigenvalue weighted by Crippen LogP contribution is 2.22. The number of thiazole rings is 1. The Hall–Kier alpha value is -2.93. The molecule has 3 aromatic rings. The van der Waals surface area contributed by atoms with Gasteiger partial charge in [0.2, 0.25) is 5.91 Å². The third-order valence-corrected chi connectivity index (χ3v) is 4.48. The molecule has 6 nitrogen and oxygen atoms in total. The van der Waals surface area contributed by atoms with E-state index in [0.29, 0.717) is 18.9 Å². The summed E-state index contributed by atoms with van der Waals surface area (Å²) in [6.07, 6.45) is 3.73. The van der Waals surface area contributed by atoms with Gasteiger partial charge in [-0.15, -0.1) is 11.3 Å². The van der Waals surface area contributed by atoms with Crippen LogP contribution >= 0.6 is 11.3 Å². The van der Waals surface area contributed by atoms with Crippen molar-refractivity contribution in [2.24, 2.45) is 0 Å². The van der Waals surface area contributed by atoms with Gasteiger partial charge in [-0.25, -0.2) is 4.98 Å². The van der Waals surface area contributed by atoms with Crippen molar-refractivity contribution in [1.29, 1.82) is 0 Å². The molecule has 0 aliphatic heterocycles. The van der Waals surface area contributed by atoms with Crippen molar-refractivity contribution < 1.29 is 14.3 Å². The number of benzene rings is 1. The van der Waals surface area contributed by atoms with E-state index in [0.717, 1.165) is 22.0 Å². The van der Waals surface area contributed by atoms with Gasteiger partial charge in [-0.1, -0.05) is 6.07 Å². The largest absolute Gasteiger partial charge is 0.497 e. The number of nitrogens with one attached hydrogen (secondary N) is 1. The van der Waals surface area contributed by atoms with Gasteiger partial charge in [0.05, 0.1) is 25.8 Å². The molecule has 26 heavy (non-hydrogen) atoms. The van der Waals surface area contributed by atoms with Gasteiger partial charge in [-0.3, -0.25) is 9.78 Å². The minimum Gasteiger partial charge on any atom is -0.497 e. The quantitative estimate of drug-likeness (QED) is 0.618. The number of aromatic nitrogens is 2. The Morgan fingerprint density at radius 2 is 2.12 bits per heavy atom. The zero-order valence-electron chi connectivity index (χ0n) is 14.3. The van der Waals surface area contributed by atoms with Gasteiger partial charge >= 0.3 is 0 Å². The second-order valence-electron chi connectivity index (χ2n) is 5.44. The maximum atomic E-state index is 12.0. The fourth-order valence-electron chi connectivity index (χ4n) is 2.29. The number of carbonyl (C=O) groups excluding carboxylic acids is 1. The lowest BCUT2D eigenvalue weighted by Crippen LogP contribution is -2.29. The number of nitrogens with zero attached hydrogens (tertiary/aromatic N) is 2. The van der Waals surface area contributed by atoms with Crippen molar-refractivity contribution >= 4 is 17.2 Å². The molecule has 134 valence electrons. The average molecular weight is 369 g/mol. The smallest absolute Gasteiger partial charge is 0.226 e. The molecule has 1 amide bonds. The summed E-state index contributed by atoms with van der Waals surface area (Å²) in [6, 6.07) is 11.2. The SMILES string of the molecule is COc1cccc(OCCNC(=O)Cc2csc(-c3cccnc3)n2)c1. The van der Waals surface area contributed by atoms with Crippen LogP contribution in [0.25, 0.3) is 10.6 Å². The number of pyridine rings is 1. The summed E-state index contributed by atoms with van der Waals surface area (Å²) in [5.74, 6) is 1.36. The summed E-state index contributed by atoms with van der Waals surface area (Å²) >= 11 is 1.51. The van der Waals surface area contributed by atoms with Crippen molar-refractivity contribution in [3.05, 3.63) is 59.9 Å². The predicted molar refractivity (Wildman–Crippen MR) is 101 cm³/mol. The lowest BCUT2D eigenvalue weighted by molar-refractivity contribution is -0.120. The number of methoxy groups -OCH3 is 1. The summed E-state index contributed by atoms with van der Waals surface area (Å²) in [5.41, 5.74) is 1.70. The van der Waals surface area contributed by atoms with E-state index in [1.165, 1.54) is 11.3 Å². The lowest BCUT2D eigenvalue weighted by Gasteiger charge is -2.08. The minimum atomic E-state index is -0.0812. The van der Waals surface area contributed by atoms with Gasteiger partial charge in [-0.2, -0.15) is 0 Å². The molecule has 2 aromatic heterocycles. The van der Waals surface area contributed by atoms with Crippen LogP contribution in [0.2, 0.25) is 0 Å². The molecule has 0 bridgehead atoms. The topological polar surface area (TPSA) is 73.3 Å². The third-order valence-electron chi connectivity index (χ3n) is 3.54. The van der Waals surface area contributed by atoms with E-state index >= 15 is 0 Å². The second-order valence-corrected chi connectivity index (χ2v) is 6.30. The van der Waals surface area contributed by atoms with E-state index in [2.05, 4.69) is 15.3 Å². The van der Waals surface area contributed by atoms with E-state index in [4.69, 9.17) is 9.47 Å². The standard InChI is InChI=1S/C19H19N3O3S/c1-24-16-5-2-6-17(11-16)25-9-8-21-18(23)10-15-13-26-19(22-15)14-4-3-7-20-12-14/h2-7,11-13H,8-10H2,1H3,(H,21,23). The number of rotatable bonds is 8. The highest BCUT2D eigenvalue weighted by Gasteiger charge is 2.09. The van der Waals surface area contributed by atoms with E-state index in [1.807, 2.05) is 35.7 Å². The first-order valence-electron chi connectivity index (χ1n) is 8.13. The van der Waals surface area contributed by atoms with Crippen molar-refractivity contribution in [3.8, 4) is 22.1 Å². The fraction of sp³-hybridized carbons (Fsp3) is 0.211. The Labute approximate surface area is 155 Å². The molecule has 1 N–H and O–H groups in total. The molecule has 0 unspecified atom stereocenters. The summed E-state index contributed by atoms with van der Waals surface area (Å²) in [4.78, 5) is 20.6. The average Bonchev–Trinajstić information content (AvgIpc) is 3.14. The molecule has 0 fully saturated rings. The Kier molecular flexibility index (Phi) is 6.16. The van der Waals surface area contributed by atoms with Gasteiger partial charge in [0.15, 0.2) is 0 Å². The van der Waals surface area contributed by atoms with E-state index in [1.54, 1.807) is 25.6 Å². The van der Waals surface area contributed by atoms with Crippen LogP contribution in [0.3, 0.4) is 0 Å². The van der Waals surface area contributed by atoms with Crippen LogP contribution in [0.4, 0.5) is 0 Å². The van der Waals surface area contributed by atoms with Crippen LogP contribution in [-0.4, -0.2) is 36.1 Å². The predicted octanol–water partition coefficient (Wildman–Crippen LogP) is 2.95. The first-order valence-corrected chi connectivity index (χ1v) is 9.01. The van der Waals surface area contributed by atoms with Gasteiger partial charge in [0.1, 0.15) is 23.1 Å². The maximum Gasteiger partial charge on any atom is 0.226 e. The van der Waals surface area contributed by atoms with Gasteiger partial charge in [0.25, 0.3) is 0 Å². The zero-order chi connectivity index (χ0) is 18.2. The first-order chi connectivity index (χ1) is 12.7. The monoisotopic (exact) mass is 369 g/mol. The Morgan fingerprint density at radius 3 is 2.92 bits per heavy atom. The van der Waals surface area contributed by atoms with E-state index in [9.17, 15) is 4.79 Å². The molecule has 2 heterocycles. The summed E-state index contributed by atoms with van der Waals surface area (Å²) in [5, 5.41) is 5.60. The van der Waals surface area contributed by atoms with Crippen molar-refractivity contribution in [1.82, 2.24) is 15.3 Å². The number of ether oxygens (including phenoxy) is 2. The van der Waals surface area contributed by atoms with Crippen LogP contribution < -0.4 is 14.8 Å². The third kappa shape index (κ3) is 5.03. The highest BCUT2D eigenvalue weighted by molar-refractivity contribution is 7.13. The molecule has 0 radical (unpaired) electrons. The number of hydrogen-bond donors (Lipinski definition) is 1. The molecule has 0 saturated carbocycles. The molecule has 0 atom stereocenters. The second kappa shape index (κ2) is 8.96. The minimum absolute atomic E-state index is 0.0812. The Balaban J connectivity index is 1.42. The number of carbonyl (C=O) groups is 1. The summed E-state index contributed by atoms with van der Waals surface area (Å²) in [7, 11) is 1.61. The van der Waals surface area contributed by atoms with Gasteiger partial charge < -0.3 is 14.8 Å². The number of amides is 1. The highest BCUT2D eigenvalue weighted by atomic mass is 32.1. The molecule has 0 spiro atoms. The van der Waals surface area contributed by atoms with Crippen molar-refractivity contribution in [2.45, 2.75) is 6.42 Å². The van der Waals surface area contributed by atoms with Gasteiger partial charge in [-0.05, 0) is 24.3 Å². The zero-order valence-corrected chi connectivity index (χ0v) is 15.2. The van der Waals surface area contributed by atoms with Crippen molar-refractivity contribution in [2.75, 3.05) is 20.3 Å². The van der Waals surface area contributed by atoms with Gasteiger partial charge in [0, 0.05) is 29.4 Å². The van der Waals surface area contributed by atoms with Crippen LogP contribution in [0, 0.1) is 0 Å². The molecular weight excluding hydrogens is 350 g/mol. The maximum absolute atomic E-state index is 12.0. The van der Waals surface area contributed by atoms with Crippen molar-refractivity contribution in [3.63, 3.8) is 0 Å². The molecular formula is C19H19N3O3S. The van der Waals surface area contributed by atoms with Crippen LogP contribution in [0.1, 0.15) is 5.69 Å². The van der Waals surface area contributed by atoms with Crippen LogP contribution in [0.5, 0.6) is 11.5 Å². The van der Waals surface area contributed by atoms with E-state index in [-0.39, 0.29) is 12.3 Å². The molecule has 7 heteroatoms. The first kappa shape index (κ1) is 17.9. The summed E-state index contributed by atoms with van der Waals surface area (Å²) in [6.45, 7) is 0.812. The summed E-state index contributed by atoms with van der Waals surface area (Å²) < 4.78 is 10.7. The Morgan fingerprint density at radius 1 is 1.23 bits per heavy atom. The van der Waals surface area contributed by atoms with Crippen LogP contribution in [0.15, 0.2) is 54.2 Å². The van der Waals surface area contributed by atoms with Crippen LogP contribution in [-0.2, 0) is 11.2 Å². The molecule has 0 aliphatic carbocycles. The number of hydrogen-bond acceptors (Lipinski definition) is 6. The molecule has 0 saturated heterocycles. The van der Waals surface area contributed by atoms with E-state index < -0.39 is 0 Å². The molecule has 1 aromatic carbocycles. The lowest BCUT2D eigenvalue weighted by atomic mass is 10.3.